The Morgan fingerprint density at radius 3 is 2.30 bits per heavy atom. The number of hydrogen-bond donors (Lipinski definition) is 2. The van der Waals surface area contributed by atoms with Crippen molar-refractivity contribution < 1.29 is 17.9 Å². The number of benzene rings is 2. The molecule has 2 aliphatic heterocycles. The van der Waals surface area contributed by atoms with Crippen LogP contribution in [-0.2, 0) is 27.7 Å². The highest BCUT2D eigenvalue weighted by Crippen LogP contribution is 2.26. The quantitative estimate of drug-likeness (QED) is 0.258. The number of nitrogens with zero attached hydrogens (tertiary/aromatic N) is 5. The average molecular weight is 656 g/mol. The topological polar surface area (TPSA) is 125 Å². The molecule has 0 radical (unpaired) electrons. The molecule has 7 rings (SSSR count). The number of ether oxygens (including phenoxy) is 1. The molecule has 5 heterocycles. The maximum atomic E-state index is 12.2. The number of pyridine rings is 1. The number of urea groups is 1. The minimum absolute atomic E-state index is 0.0272. The third-order valence-corrected chi connectivity index (χ3v) is 10.2. The smallest absolute Gasteiger partial charge is 0.321 e. The summed E-state index contributed by atoms with van der Waals surface area (Å²) in [6, 6.07) is 22.2. The SMILES string of the molecule is CCn1ccc(-c2ccc(NC(=O)N3CCS(=O)(=O)CC3)cc2)n1.Cc1ccnc2[nH]c(-c3ccc(CN4CCOCC4)cc3)cc12. The molecule has 2 N–H and O–H groups in total. The lowest BCUT2D eigenvalue weighted by atomic mass is 10.1. The van der Waals surface area contributed by atoms with E-state index in [0.29, 0.717) is 5.69 Å². The molecule has 47 heavy (non-hydrogen) atoms. The first kappa shape index (κ1) is 32.4. The molecule has 246 valence electrons. The largest absolute Gasteiger partial charge is 0.379 e. The summed E-state index contributed by atoms with van der Waals surface area (Å²) in [7, 11) is -2.99. The number of aromatic amines is 1. The summed E-state index contributed by atoms with van der Waals surface area (Å²) in [6.45, 7) is 10.2. The van der Waals surface area contributed by atoms with Crippen molar-refractivity contribution in [1.29, 1.82) is 0 Å². The Labute approximate surface area is 275 Å². The van der Waals surface area contributed by atoms with Gasteiger partial charge in [-0.15, -0.1) is 0 Å². The highest BCUT2D eigenvalue weighted by molar-refractivity contribution is 7.91. The van der Waals surface area contributed by atoms with Crippen LogP contribution in [0.5, 0.6) is 0 Å². The molecule has 12 heteroatoms. The van der Waals surface area contributed by atoms with Gasteiger partial charge in [0.1, 0.15) is 5.65 Å². The van der Waals surface area contributed by atoms with E-state index in [1.807, 2.05) is 60.4 Å². The van der Waals surface area contributed by atoms with Gasteiger partial charge >= 0.3 is 6.03 Å². The van der Waals surface area contributed by atoms with E-state index in [0.717, 1.165) is 62.0 Å². The first-order valence-corrected chi connectivity index (χ1v) is 17.8. The molecule has 2 fully saturated rings. The number of rotatable bonds is 6. The van der Waals surface area contributed by atoms with Crippen molar-refractivity contribution >= 4 is 32.6 Å². The minimum Gasteiger partial charge on any atom is -0.379 e. The fourth-order valence-corrected chi connectivity index (χ4v) is 6.86. The number of aryl methyl sites for hydroxylation is 2. The van der Waals surface area contributed by atoms with Gasteiger partial charge in [0.25, 0.3) is 0 Å². The van der Waals surface area contributed by atoms with Gasteiger partial charge in [0.05, 0.1) is 30.4 Å². The molecule has 11 nitrogen and oxygen atoms in total. The lowest BCUT2D eigenvalue weighted by molar-refractivity contribution is 0.0342. The molecule has 0 aliphatic carbocycles. The van der Waals surface area contributed by atoms with Gasteiger partial charge in [0.2, 0.25) is 0 Å². The van der Waals surface area contributed by atoms with Crippen LogP contribution in [0.15, 0.2) is 79.1 Å². The number of hydrogen-bond acceptors (Lipinski definition) is 7. The number of nitrogens with one attached hydrogen (secondary N) is 2. The van der Waals surface area contributed by atoms with Crippen molar-refractivity contribution in [2.24, 2.45) is 0 Å². The van der Waals surface area contributed by atoms with Gasteiger partial charge < -0.3 is 19.9 Å². The predicted molar refractivity (Wildman–Crippen MR) is 185 cm³/mol. The van der Waals surface area contributed by atoms with E-state index in [1.54, 1.807) is 0 Å². The molecule has 0 spiro atoms. The Morgan fingerprint density at radius 2 is 1.64 bits per heavy atom. The van der Waals surface area contributed by atoms with E-state index in [2.05, 4.69) is 62.5 Å². The molecule has 5 aromatic rings. The van der Waals surface area contributed by atoms with Gasteiger partial charge in [0, 0.05) is 74.0 Å². The highest BCUT2D eigenvalue weighted by Gasteiger charge is 2.25. The van der Waals surface area contributed by atoms with Crippen LogP contribution in [0.3, 0.4) is 0 Å². The van der Waals surface area contributed by atoms with Gasteiger partial charge in [-0.1, -0.05) is 36.4 Å². The standard InChI is InChI=1S/C19H21N3O.C16H20N4O3S/c1-14-6-7-20-19-17(14)12-18(21-19)16-4-2-15(3-5-16)13-22-8-10-23-11-9-22;1-2-20-8-7-15(18-20)13-3-5-14(6-4-13)17-16(21)19-9-11-24(22,23)12-10-19/h2-7,12H,8-11,13H2,1H3,(H,20,21);3-8H,2,9-12H2,1H3,(H,17,21). The fraction of sp³-hybridized carbons (Fsp3) is 0.343. The van der Waals surface area contributed by atoms with E-state index < -0.39 is 9.84 Å². The monoisotopic (exact) mass is 655 g/mol. The Kier molecular flexibility index (Phi) is 10.00. The molecule has 2 aromatic carbocycles. The maximum absolute atomic E-state index is 12.2. The summed E-state index contributed by atoms with van der Waals surface area (Å²) in [5.41, 5.74) is 8.42. The zero-order chi connectivity index (χ0) is 32.8. The second kappa shape index (κ2) is 14.5. The van der Waals surface area contributed by atoms with Crippen molar-refractivity contribution in [2.45, 2.75) is 26.9 Å². The Morgan fingerprint density at radius 1 is 0.936 bits per heavy atom. The van der Waals surface area contributed by atoms with Crippen molar-refractivity contribution in [1.82, 2.24) is 29.5 Å². The Bertz CT molecular complexity index is 1900. The molecule has 0 bridgehead atoms. The molecule has 2 amide bonds. The number of aromatic nitrogens is 4. The van der Waals surface area contributed by atoms with E-state index in [4.69, 9.17) is 4.74 Å². The van der Waals surface area contributed by atoms with E-state index in [1.165, 1.54) is 27.0 Å². The molecular weight excluding hydrogens is 614 g/mol. The van der Waals surface area contributed by atoms with Gasteiger partial charge in [-0.3, -0.25) is 9.58 Å². The predicted octanol–water partition coefficient (Wildman–Crippen LogP) is 5.20. The summed E-state index contributed by atoms with van der Waals surface area (Å²) in [6.07, 6.45) is 3.78. The van der Waals surface area contributed by atoms with Gasteiger partial charge in [-0.2, -0.15) is 5.10 Å². The van der Waals surface area contributed by atoms with Crippen LogP contribution in [0.25, 0.3) is 33.5 Å². The number of carbonyl (C=O) groups is 1. The number of amides is 2. The number of morpholine rings is 1. The summed E-state index contributed by atoms with van der Waals surface area (Å²) in [5.74, 6) is 0.0545. The molecule has 2 aliphatic rings. The maximum Gasteiger partial charge on any atom is 0.321 e. The average Bonchev–Trinajstić information content (AvgIpc) is 3.75. The summed E-state index contributed by atoms with van der Waals surface area (Å²) in [4.78, 5) is 24.0. The van der Waals surface area contributed by atoms with E-state index in [-0.39, 0.29) is 30.6 Å². The number of fused-ring (bicyclic) bond motifs is 1. The van der Waals surface area contributed by atoms with Gasteiger partial charge in [0.15, 0.2) is 9.84 Å². The molecule has 0 saturated carbocycles. The van der Waals surface area contributed by atoms with Gasteiger partial charge in [-0.05, 0) is 60.9 Å². The molecular formula is C35H41N7O4S. The van der Waals surface area contributed by atoms with Gasteiger partial charge in [-0.25, -0.2) is 18.2 Å². The molecule has 2 saturated heterocycles. The van der Waals surface area contributed by atoms with Crippen molar-refractivity contribution in [3.8, 4) is 22.5 Å². The van der Waals surface area contributed by atoms with Crippen LogP contribution in [0.2, 0.25) is 0 Å². The number of anilines is 1. The summed E-state index contributed by atoms with van der Waals surface area (Å²) < 4.78 is 30.1. The lowest BCUT2D eigenvalue weighted by Gasteiger charge is -2.26. The zero-order valence-electron chi connectivity index (χ0n) is 26.9. The number of sulfone groups is 1. The first-order valence-electron chi connectivity index (χ1n) is 16.0. The van der Waals surface area contributed by atoms with E-state index >= 15 is 0 Å². The van der Waals surface area contributed by atoms with Crippen molar-refractivity contribution in [3.05, 3.63) is 90.3 Å². The fourth-order valence-electron chi connectivity index (χ4n) is 5.66. The molecule has 3 aromatic heterocycles. The second-order valence-electron chi connectivity index (χ2n) is 11.9. The number of H-pyrrole nitrogens is 1. The second-order valence-corrected chi connectivity index (χ2v) is 14.2. The van der Waals surface area contributed by atoms with Crippen LogP contribution < -0.4 is 5.32 Å². The zero-order valence-corrected chi connectivity index (χ0v) is 27.7. The molecule has 0 atom stereocenters. The lowest BCUT2D eigenvalue weighted by Crippen LogP contribution is -2.45. The normalized spacial score (nSPS) is 16.4. The summed E-state index contributed by atoms with van der Waals surface area (Å²) >= 11 is 0. The Hall–Kier alpha value is -4.52. The highest BCUT2D eigenvalue weighted by atomic mass is 32.2. The first-order chi connectivity index (χ1) is 22.8. The van der Waals surface area contributed by atoms with Crippen LogP contribution in [0.1, 0.15) is 18.1 Å². The van der Waals surface area contributed by atoms with Crippen molar-refractivity contribution in [2.75, 3.05) is 56.2 Å². The summed E-state index contributed by atoms with van der Waals surface area (Å²) in [5, 5.41) is 8.44. The molecule has 0 unspecified atom stereocenters. The van der Waals surface area contributed by atoms with Crippen LogP contribution in [0, 0.1) is 6.92 Å². The van der Waals surface area contributed by atoms with Crippen molar-refractivity contribution in [3.63, 3.8) is 0 Å². The van der Waals surface area contributed by atoms with Crippen LogP contribution in [-0.4, -0.2) is 94.9 Å². The Balaban J connectivity index is 0.000000164. The third kappa shape index (κ3) is 8.26. The third-order valence-electron chi connectivity index (χ3n) is 8.55. The van der Waals surface area contributed by atoms with Crippen LogP contribution >= 0.6 is 0 Å². The van der Waals surface area contributed by atoms with E-state index in [9.17, 15) is 13.2 Å². The van der Waals surface area contributed by atoms with Crippen LogP contribution in [0.4, 0.5) is 10.5 Å². The number of carbonyl (C=O) groups excluding carboxylic acids is 1. The minimum atomic E-state index is -2.99.